The maximum absolute atomic E-state index is 13.7. The third-order valence-corrected chi connectivity index (χ3v) is 4.32. The number of hydrogen-bond acceptors (Lipinski definition) is 3. The number of hydrogen-bond donors (Lipinski definition) is 1. The van der Waals surface area contributed by atoms with Crippen LogP contribution in [0.5, 0.6) is 0 Å². The van der Waals surface area contributed by atoms with Gasteiger partial charge < -0.3 is 0 Å². The molecule has 2 N–H and O–H groups in total. The van der Waals surface area contributed by atoms with Gasteiger partial charge in [-0.05, 0) is 32.0 Å². The van der Waals surface area contributed by atoms with Crippen molar-refractivity contribution in [3.63, 3.8) is 0 Å². The molecule has 1 aromatic heterocycles. The van der Waals surface area contributed by atoms with E-state index in [1.807, 2.05) is 0 Å². The minimum absolute atomic E-state index is 0.0278. The van der Waals surface area contributed by atoms with E-state index in [1.165, 1.54) is 29.8 Å². The molecule has 0 unspecified atom stereocenters. The Morgan fingerprint density at radius 3 is 2.60 bits per heavy atom. The Kier molecular flexibility index (Phi) is 3.86. The number of halogens is 2. The predicted molar refractivity (Wildman–Crippen MR) is 73.6 cm³/mol. The maximum Gasteiger partial charge on any atom is 0.241 e. The summed E-state index contributed by atoms with van der Waals surface area (Å²) in [7, 11) is -3.86. The van der Waals surface area contributed by atoms with Crippen molar-refractivity contribution < 1.29 is 12.8 Å². The van der Waals surface area contributed by atoms with Crippen LogP contribution in [0, 0.1) is 19.7 Å². The van der Waals surface area contributed by atoms with Gasteiger partial charge in [0.05, 0.1) is 17.9 Å². The molecule has 5 nitrogen and oxygen atoms in total. The second kappa shape index (κ2) is 5.16. The lowest BCUT2D eigenvalue weighted by Crippen LogP contribution is -2.14. The van der Waals surface area contributed by atoms with Gasteiger partial charge in [-0.15, -0.1) is 0 Å². The highest BCUT2D eigenvalue weighted by Crippen LogP contribution is 2.21. The second-order valence-corrected chi connectivity index (χ2v) is 6.37. The zero-order valence-electron chi connectivity index (χ0n) is 10.9. The molecule has 2 rings (SSSR count). The fraction of sp³-hybridized carbons (Fsp3) is 0.250. The molecular weight excluding hydrogens is 305 g/mol. The summed E-state index contributed by atoms with van der Waals surface area (Å²) in [5, 5.41) is 9.63. The summed E-state index contributed by atoms with van der Waals surface area (Å²) < 4.78 is 38.1. The van der Waals surface area contributed by atoms with E-state index in [9.17, 15) is 12.8 Å². The molecule has 0 amide bonds. The van der Waals surface area contributed by atoms with Gasteiger partial charge in [0.15, 0.2) is 0 Å². The van der Waals surface area contributed by atoms with Crippen LogP contribution in [-0.2, 0) is 16.6 Å². The second-order valence-electron chi connectivity index (χ2n) is 4.44. The van der Waals surface area contributed by atoms with Crippen LogP contribution in [-0.4, -0.2) is 18.2 Å². The number of nitrogens with two attached hydrogens (primary N) is 1. The minimum Gasteiger partial charge on any atom is -0.264 e. The molecule has 0 bridgehead atoms. The maximum atomic E-state index is 13.7. The Labute approximate surface area is 121 Å². The molecule has 0 fully saturated rings. The van der Waals surface area contributed by atoms with Crippen LogP contribution in [0.25, 0.3) is 0 Å². The zero-order valence-corrected chi connectivity index (χ0v) is 12.5. The van der Waals surface area contributed by atoms with E-state index in [0.29, 0.717) is 16.3 Å². The molecule has 0 saturated heterocycles. The summed E-state index contributed by atoms with van der Waals surface area (Å²) in [6.07, 6.45) is 0. The van der Waals surface area contributed by atoms with E-state index < -0.39 is 15.8 Å². The van der Waals surface area contributed by atoms with Crippen LogP contribution in [0.1, 0.15) is 17.0 Å². The summed E-state index contributed by atoms with van der Waals surface area (Å²) in [5.74, 6) is -0.431. The van der Waals surface area contributed by atoms with Crippen molar-refractivity contribution in [1.29, 1.82) is 0 Å². The van der Waals surface area contributed by atoms with Gasteiger partial charge in [-0.2, -0.15) is 5.10 Å². The van der Waals surface area contributed by atoms with E-state index in [4.69, 9.17) is 16.7 Å². The summed E-state index contributed by atoms with van der Waals surface area (Å²) >= 11 is 5.82. The average Bonchev–Trinajstić information content (AvgIpc) is 2.58. The predicted octanol–water partition coefficient (Wildman–Crippen LogP) is 1.99. The molecule has 0 radical (unpaired) electrons. The van der Waals surface area contributed by atoms with Gasteiger partial charge in [0.1, 0.15) is 10.7 Å². The van der Waals surface area contributed by atoms with E-state index in [-0.39, 0.29) is 17.1 Å². The lowest BCUT2D eigenvalue weighted by molar-refractivity contribution is 0.577. The van der Waals surface area contributed by atoms with Crippen LogP contribution in [0.4, 0.5) is 4.39 Å². The van der Waals surface area contributed by atoms with Crippen molar-refractivity contribution >= 4 is 21.6 Å². The first-order valence-electron chi connectivity index (χ1n) is 5.71. The van der Waals surface area contributed by atoms with Crippen molar-refractivity contribution in [2.24, 2.45) is 5.14 Å². The molecule has 0 aliphatic carbocycles. The first-order valence-corrected chi connectivity index (χ1v) is 7.63. The molecular formula is C12H13ClFN3O2S. The topological polar surface area (TPSA) is 78.0 Å². The third kappa shape index (κ3) is 2.84. The summed E-state index contributed by atoms with van der Waals surface area (Å²) in [6, 6.07) is 4.17. The SMILES string of the molecule is Cc1nn(Cc2cc(Cl)ccc2F)c(C)c1S(N)(=O)=O. The Hall–Kier alpha value is -1.44. The number of nitrogens with zero attached hydrogens (tertiary/aromatic N) is 2. The van der Waals surface area contributed by atoms with Crippen molar-refractivity contribution in [3.8, 4) is 0 Å². The first-order chi connectivity index (χ1) is 9.20. The number of primary sulfonamides is 1. The lowest BCUT2D eigenvalue weighted by Gasteiger charge is -2.07. The Balaban J connectivity index is 2.48. The fourth-order valence-electron chi connectivity index (χ4n) is 2.07. The number of aromatic nitrogens is 2. The van der Waals surface area contributed by atoms with E-state index >= 15 is 0 Å². The van der Waals surface area contributed by atoms with Crippen LogP contribution >= 0.6 is 11.6 Å². The molecule has 108 valence electrons. The molecule has 0 atom stereocenters. The largest absolute Gasteiger partial charge is 0.264 e. The van der Waals surface area contributed by atoms with Gasteiger partial charge in [0.25, 0.3) is 0 Å². The minimum atomic E-state index is -3.86. The summed E-state index contributed by atoms with van der Waals surface area (Å²) in [5.41, 5.74) is 0.973. The quantitative estimate of drug-likeness (QED) is 0.940. The van der Waals surface area contributed by atoms with Crippen LogP contribution in [0.15, 0.2) is 23.1 Å². The van der Waals surface area contributed by atoms with Gasteiger partial charge in [0.2, 0.25) is 10.0 Å². The molecule has 8 heteroatoms. The van der Waals surface area contributed by atoms with E-state index in [2.05, 4.69) is 5.10 Å². The van der Waals surface area contributed by atoms with Gasteiger partial charge in [0, 0.05) is 10.6 Å². The fourth-order valence-corrected chi connectivity index (χ4v) is 3.24. The Morgan fingerprint density at radius 1 is 1.40 bits per heavy atom. The van der Waals surface area contributed by atoms with Crippen molar-refractivity contribution in [1.82, 2.24) is 9.78 Å². The molecule has 2 aromatic rings. The summed E-state index contributed by atoms with van der Waals surface area (Å²) in [4.78, 5) is -0.0278. The Morgan fingerprint density at radius 2 is 2.05 bits per heavy atom. The van der Waals surface area contributed by atoms with Crippen LogP contribution in [0.3, 0.4) is 0 Å². The molecule has 0 aliphatic heterocycles. The monoisotopic (exact) mass is 317 g/mol. The van der Waals surface area contributed by atoms with Crippen LogP contribution < -0.4 is 5.14 Å². The molecule has 20 heavy (non-hydrogen) atoms. The van der Waals surface area contributed by atoms with Gasteiger partial charge in [-0.25, -0.2) is 17.9 Å². The number of aryl methyl sites for hydroxylation is 1. The molecule has 1 heterocycles. The normalized spacial score (nSPS) is 11.8. The third-order valence-electron chi connectivity index (χ3n) is 2.93. The highest BCUT2D eigenvalue weighted by Gasteiger charge is 2.21. The van der Waals surface area contributed by atoms with Gasteiger partial charge in [-0.3, -0.25) is 4.68 Å². The smallest absolute Gasteiger partial charge is 0.241 e. The van der Waals surface area contributed by atoms with Gasteiger partial charge in [-0.1, -0.05) is 11.6 Å². The number of rotatable bonds is 3. The lowest BCUT2D eigenvalue weighted by atomic mass is 10.2. The average molecular weight is 318 g/mol. The van der Waals surface area contributed by atoms with Crippen molar-refractivity contribution in [2.45, 2.75) is 25.3 Å². The van der Waals surface area contributed by atoms with Gasteiger partial charge >= 0.3 is 0 Å². The number of sulfonamides is 1. The molecule has 0 spiro atoms. The van der Waals surface area contributed by atoms with Crippen molar-refractivity contribution in [2.75, 3.05) is 0 Å². The first kappa shape index (κ1) is 15.0. The van der Waals surface area contributed by atoms with Crippen molar-refractivity contribution in [3.05, 3.63) is 46.0 Å². The summed E-state index contributed by atoms with van der Waals surface area (Å²) in [6.45, 7) is 3.19. The highest BCUT2D eigenvalue weighted by atomic mass is 35.5. The Bertz CT molecular complexity index is 771. The molecule has 0 saturated carbocycles. The molecule has 0 aliphatic rings. The van der Waals surface area contributed by atoms with E-state index in [0.717, 1.165) is 0 Å². The number of benzene rings is 1. The standard InChI is InChI=1S/C12H13ClFN3O2S/c1-7-12(20(15,18)19)8(2)17(16-7)6-9-5-10(13)3-4-11(9)14/h3-5H,6H2,1-2H3,(H2,15,18,19). The van der Waals surface area contributed by atoms with E-state index in [1.54, 1.807) is 6.92 Å². The zero-order chi connectivity index (χ0) is 15.1. The highest BCUT2D eigenvalue weighted by molar-refractivity contribution is 7.89. The molecule has 1 aromatic carbocycles. The van der Waals surface area contributed by atoms with Crippen LogP contribution in [0.2, 0.25) is 5.02 Å².